The standard InChI is InChI=1S/C15H13ClN2O2/c1-2-18-14-12(16)4-3-5-13(14)17-15(18)9-6-10(19)8-11(20)7-9/h3-8,19-20H,2H2,1H3. The van der Waals surface area contributed by atoms with Crippen LogP contribution in [0.2, 0.25) is 5.02 Å². The van der Waals surface area contributed by atoms with Gasteiger partial charge in [-0.3, -0.25) is 0 Å². The minimum absolute atomic E-state index is 0.000746. The van der Waals surface area contributed by atoms with Gasteiger partial charge in [0.1, 0.15) is 17.3 Å². The van der Waals surface area contributed by atoms with Crippen LogP contribution in [0.1, 0.15) is 6.92 Å². The van der Waals surface area contributed by atoms with Crippen LogP contribution >= 0.6 is 11.6 Å². The molecule has 4 nitrogen and oxygen atoms in total. The zero-order chi connectivity index (χ0) is 14.3. The summed E-state index contributed by atoms with van der Waals surface area (Å²) in [4.78, 5) is 4.55. The Bertz CT molecular complexity index is 776. The number of aromatic hydroxyl groups is 2. The van der Waals surface area contributed by atoms with Gasteiger partial charge in [-0.1, -0.05) is 17.7 Å². The zero-order valence-electron chi connectivity index (χ0n) is 10.8. The molecule has 0 atom stereocenters. The van der Waals surface area contributed by atoms with Crippen molar-refractivity contribution in [2.45, 2.75) is 13.5 Å². The lowest BCUT2D eigenvalue weighted by atomic mass is 10.2. The maximum Gasteiger partial charge on any atom is 0.141 e. The highest BCUT2D eigenvalue weighted by Gasteiger charge is 2.14. The number of aromatic nitrogens is 2. The van der Waals surface area contributed by atoms with Crippen LogP contribution in [0.25, 0.3) is 22.4 Å². The Balaban J connectivity index is 2.33. The number of nitrogens with zero attached hydrogens (tertiary/aromatic N) is 2. The molecule has 3 aromatic rings. The second-order valence-corrected chi connectivity index (χ2v) is 4.93. The summed E-state index contributed by atoms with van der Waals surface area (Å²) in [6.07, 6.45) is 0. The molecule has 0 aliphatic carbocycles. The number of hydrogen-bond donors (Lipinski definition) is 2. The molecule has 0 aliphatic rings. The SMILES string of the molecule is CCn1c(-c2cc(O)cc(O)c2)nc2cccc(Cl)c21. The summed E-state index contributed by atoms with van der Waals surface area (Å²) in [5.41, 5.74) is 2.29. The second kappa shape index (κ2) is 4.72. The van der Waals surface area contributed by atoms with Gasteiger partial charge in [0.2, 0.25) is 0 Å². The summed E-state index contributed by atoms with van der Waals surface area (Å²) in [5.74, 6) is 0.670. The van der Waals surface area contributed by atoms with Gasteiger partial charge in [-0.05, 0) is 31.2 Å². The number of rotatable bonds is 2. The van der Waals surface area contributed by atoms with Gasteiger partial charge in [-0.2, -0.15) is 0 Å². The third-order valence-electron chi connectivity index (χ3n) is 3.19. The monoisotopic (exact) mass is 288 g/mol. The summed E-state index contributed by atoms with van der Waals surface area (Å²) < 4.78 is 1.96. The van der Waals surface area contributed by atoms with Crippen molar-refractivity contribution in [3.8, 4) is 22.9 Å². The summed E-state index contributed by atoms with van der Waals surface area (Å²) in [6, 6.07) is 9.99. The fourth-order valence-electron chi connectivity index (χ4n) is 2.39. The molecule has 0 spiro atoms. The molecule has 0 saturated carbocycles. The molecule has 0 aliphatic heterocycles. The third kappa shape index (κ3) is 1.98. The number of para-hydroxylation sites is 1. The summed E-state index contributed by atoms with van der Waals surface area (Å²) in [7, 11) is 0. The number of aryl methyl sites for hydroxylation is 1. The molecule has 1 heterocycles. The normalized spacial score (nSPS) is 11.1. The summed E-state index contributed by atoms with van der Waals surface area (Å²) in [6.45, 7) is 2.68. The van der Waals surface area contributed by atoms with Gasteiger partial charge in [0.25, 0.3) is 0 Å². The van der Waals surface area contributed by atoms with Gasteiger partial charge >= 0.3 is 0 Å². The van der Waals surface area contributed by atoms with Crippen LogP contribution in [0.15, 0.2) is 36.4 Å². The number of hydrogen-bond acceptors (Lipinski definition) is 3. The smallest absolute Gasteiger partial charge is 0.141 e. The van der Waals surface area contributed by atoms with E-state index in [0.717, 1.165) is 11.0 Å². The molecule has 3 rings (SSSR count). The highest BCUT2D eigenvalue weighted by molar-refractivity contribution is 6.35. The average Bonchev–Trinajstić information content (AvgIpc) is 2.77. The molecule has 5 heteroatoms. The Morgan fingerprint density at radius 3 is 2.50 bits per heavy atom. The average molecular weight is 289 g/mol. The van der Waals surface area contributed by atoms with Gasteiger partial charge in [-0.25, -0.2) is 4.98 Å². The van der Waals surface area contributed by atoms with Crippen LogP contribution in [-0.4, -0.2) is 19.8 Å². The van der Waals surface area contributed by atoms with Crippen LogP contribution in [0.3, 0.4) is 0 Å². The fraction of sp³-hybridized carbons (Fsp3) is 0.133. The maximum absolute atomic E-state index is 9.63. The minimum atomic E-state index is 0.000746. The Morgan fingerprint density at radius 1 is 1.15 bits per heavy atom. The van der Waals surface area contributed by atoms with Crippen LogP contribution in [0.4, 0.5) is 0 Å². The number of halogens is 1. The van der Waals surface area contributed by atoms with E-state index in [1.807, 2.05) is 29.7 Å². The van der Waals surface area contributed by atoms with E-state index in [1.54, 1.807) is 12.1 Å². The highest BCUT2D eigenvalue weighted by Crippen LogP contribution is 2.32. The summed E-state index contributed by atoms with van der Waals surface area (Å²) >= 11 is 6.24. The Hall–Kier alpha value is -2.20. The zero-order valence-corrected chi connectivity index (χ0v) is 11.6. The maximum atomic E-state index is 9.63. The molecule has 102 valence electrons. The van der Waals surface area contributed by atoms with Crippen molar-refractivity contribution in [2.24, 2.45) is 0 Å². The van der Waals surface area contributed by atoms with Crippen molar-refractivity contribution < 1.29 is 10.2 Å². The van der Waals surface area contributed by atoms with Crippen LogP contribution in [-0.2, 0) is 6.54 Å². The fourth-order valence-corrected chi connectivity index (χ4v) is 2.67. The first-order valence-electron chi connectivity index (χ1n) is 6.28. The quantitative estimate of drug-likeness (QED) is 0.754. The molecular weight excluding hydrogens is 276 g/mol. The molecule has 0 radical (unpaired) electrons. The minimum Gasteiger partial charge on any atom is -0.508 e. The molecule has 0 bridgehead atoms. The molecule has 0 saturated heterocycles. The summed E-state index contributed by atoms with van der Waals surface area (Å²) in [5, 5.41) is 19.9. The third-order valence-corrected chi connectivity index (χ3v) is 3.50. The molecular formula is C15H13ClN2O2. The van der Waals surface area contributed by atoms with Gasteiger partial charge < -0.3 is 14.8 Å². The number of fused-ring (bicyclic) bond motifs is 1. The number of phenolic OH excluding ortho intramolecular Hbond substituents is 2. The van der Waals surface area contributed by atoms with E-state index in [0.29, 0.717) is 23.0 Å². The van der Waals surface area contributed by atoms with Gasteiger partial charge in [0.15, 0.2) is 0 Å². The van der Waals surface area contributed by atoms with Crippen molar-refractivity contribution in [3.05, 3.63) is 41.4 Å². The van der Waals surface area contributed by atoms with E-state index >= 15 is 0 Å². The van der Waals surface area contributed by atoms with E-state index < -0.39 is 0 Å². The van der Waals surface area contributed by atoms with E-state index in [-0.39, 0.29) is 11.5 Å². The predicted octanol–water partition coefficient (Wildman–Crippen LogP) is 3.79. The molecule has 2 aromatic carbocycles. The molecule has 0 unspecified atom stereocenters. The number of benzene rings is 2. The van der Waals surface area contributed by atoms with Crippen molar-refractivity contribution in [2.75, 3.05) is 0 Å². The van der Waals surface area contributed by atoms with Gasteiger partial charge in [0.05, 0.1) is 16.1 Å². The lowest BCUT2D eigenvalue weighted by Gasteiger charge is -2.07. The molecule has 2 N–H and O–H groups in total. The van der Waals surface area contributed by atoms with E-state index in [4.69, 9.17) is 11.6 Å². The molecule has 20 heavy (non-hydrogen) atoms. The Kier molecular flexibility index (Phi) is 3.03. The van der Waals surface area contributed by atoms with Crippen molar-refractivity contribution in [3.63, 3.8) is 0 Å². The second-order valence-electron chi connectivity index (χ2n) is 4.53. The molecule has 0 amide bonds. The van der Waals surface area contributed by atoms with E-state index in [9.17, 15) is 10.2 Å². The van der Waals surface area contributed by atoms with Crippen LogP contribution in [0, 0.1) is 0 Å². The molecule has 1 aromatic heterocycles. The molecule has 0 fully saturated rings. The Labute approximate surface area is 120 Å². The van der Waals surface area contributed by atoms with E-state index in [1.165, 1.54) is 6.07 Å². The number of phenols is 2. The predicted molar refractivity (Wildman–Crippen MR) is 79.2 cm³/mol. The number of imidazole rings is 1. The topological polar surface area (TPSA) is 58.3 Å². The lowest BCUT2D eigenvalue weighted by Crippen LogP contribution is -1.97. The van der Waals surface area contributed by atoms with Crippen LogP contribution in [0.5, 0.6) is 11.5 Å². The highest BCUT2D eigenvalue weighted by atomic mass is 35.5. The van der Waals surface area contributed by atoms with Gasteiger partial charge in [-0.15, -0.1) is 0 Å². The first-order chi connectivity index (χ1) is 9.60. The first-order valence-corrected chi connectivity index (χ1v) is 6.66. The van der Waals surface area contributed by atoms with Gasteiger partial charge in [0, 0.05) is 18.2 Å². The Morgan fingerprint density at radius 2 is 1.85 bits per heavy atom. The van der Waals surface area contributed by atoms with Crippen molar-refractivity contribution in [1.82, 2.24) is 9.55 Å². The van der Waals surface area contributed by atoms with Crippen molar-refractivity contribution in [1.29, 1.82) is 0 Å². The van der Waals surface area contributed by atoms with Crippen molar-refractivity contribution >= 4 is 22.6 Å². The van der Waals surface area contributed by atoms with E-state index in [2.05, 4.69) is 4.98 Å². The first kappa shape index (κ1) is 12.8. The van der Waals surface area contributed by atoms with Crippen LogP contribution < -0.4 is 0 Å². The lowest BCUT2D eigenvalue weighted by molar-refractivity contribution is 0.451. The largest absolute Gasteiger partial charge is 0.508 e.